The van der Waals surface area contributed by atoms with Gasteiger partial charge in [0.25, 0.3) is 0 Å². The Balaban J connectivity index is 1.84. The number of ketones is 1. The van der Waals surface area contributed by atoms with Gasteiger partial charge in [-0.15, -0.1) is 0 Å². The highest BCUT2D eigenvalue weighted by atomic mass is 16.7. The van der Waals surface area contributed by atoms with Gasteiger partial charge in [0.05, 0.1) is 12.2 Å². The second kappa shape index (κ2) is 7.25. The highest BCUT2D eigenvalue weighted by Gasteiger charge is 2.56. The van der Waals surface area contributed by atoms with Gasteiger partial charge in [-0.2, -0.15) is 0 Å². The number of ether oxygens (including phenoxy) is 2. The molecular formula is C22H36O5. The van der Waals surface area contributed by atoms with Crippen LogP contribution in [0.5, 0.6) is 0 Å². The second-order valence-corrected chi connectivity index (χ2v) is 9.77. The number of fused-ring (bicyclic) bond motifs is 1. The van der Waals surface area contributed by atoms with Crippen LogP contribution >= 0.6 is 0 Å². The molecule has 1 aliphatic heterocycles. The summed E-state index contributed by atoms with van der Waals surface area (Å²) < 4.78 is 11.1. The van der Waals surface area contributed by atoms with Crippen molar-refractivity contribution in [1.29, 1.82) is 0 Å². The third-order valence-corrected chi connectivity index (χ3v) is 7.42. The highest BCUT2D eigenvalue weighted by Crippen LogP contribution is 2.59. The van der Waals surface area contributed by atoms with Gasteiger partial charge in [0, 0.05) is 18.9 Å². The number of aliphatic hydroxyl groups excluding tert-OH is 1. The summed E-state index contributed by atoms with van der Waals surface area (Å²) in [5, 5.41) is 21.8. The maximum absolute atomic E-state index is 12.8. The molecule has 1 saturated carbocycles. The Kier molecular flexibility index (Phi) is 5.63. The number of Topliss-reactive ketones (excluding diaryl/α,β-unsaturated/α-hetero) is 1. The van der Waals surface area contributed by atoms with Crippen LogP contribution in [0.4, 0.5) is 0 Å². The van der Waals surface area contributed by atoms with Crippen LogP contribution in [0.15, 0.2) is 11.1 Å². The number of carbonyl (C=O) groups excluding carboxylic acids is 1. The molecule has 0 radical (unpaired) electrons. The van der Waals surface area contributed by atoms with Crippen LogP contribution in [0.2, 0.25) is 0 Å². The van der Waals surface area contributed by atoms with Gasteiger partial charge in [-0.25, -0.2) is 0 Å². The molecule has 1 saturated heterocycles. The molecule has 3 aliphatic rings. The molecule has 5 atom stereocenters. The Labute approximate surface area is 163 Å². The first-order valence-electron chi connectivity index (χ1n) is 10.4. The smallest absolute Gasteiger partial charge is 0.187 e. The largest absolute Gasteiger partial charge is 0.387 e. The molecule has 154 valence electrons. The summed E-state index contributed by atoms with van der Waals surface area (Å²) in [5.41, 5.74) is 0.629. The average molecular weight is 381 g/mol. The quantitative estimate of drug-likeness (QED) is 0.765. The molecule has 0 bridgehead atoms. The van der Waals surface area contributed by atoms with Gasteiger partial charge in [0.1, 0.15) is 6.10 Å². The van der Waals surface area contributed by atoms with E-state index >= 15 is 0 Å². The van der Waals surface area contributed by atoms with E-state index in [1.807, 2.05) is 13.8 Å². The number of hydrogen-bond acceptors (Lipinski definition) is 5. The fourth-order valence-electron chi connectivity index (χ4n) is 6.12. The minimum Gasteiger partial charge on any atom is -0.387 e. The predicted molar refractivity (Wildman–Crippen MR) is 103 cm³/mol. The van der Waals surface area contributed by atoms with Crippen molar-refractivity contribution in [2.45, 2.75) is 91.1 Å². The lowest BCUT2D eigenvalue weighted by Crippen LogP contribution is -2.55. The second-order valence-electron chi connectivity index (χ2n) is 9.77. The molecule has 5 unspecified atom stereocenters. The topological polar surface area (TPSA) is 76.0 Å². The molecule has 0 aromatic rings. The molecule has 3 rings (SSSR count). The summed E-state index contributed by atoms with van der Waals surface area (Å²) in [6.07, 6.45) is 3.51. The van der Waals surface area contributed by atoms with Gasteiger partial charge in [-0.1, -0.05) is 32.8 Å². The van der Waals surface area contributed by atoms with Crippen LogP contribution in [-0.4, -0.2) is 47.2 Å². The summed E-state index contributed by atoms with van der Waals surface area (Å²) >= 11 is 0. The predicted octanol–water partition coefficient (Wildman–Crippen LogP) is 3.37. The molecule has 1 heterocycles. The van der Waals surface area contributed by atoms with Crippen LogP contribution < -0.4 is 0 Å². The van der Waals surface area contributed by atoms with Crippen molar-refractivity contribution in [2.24, 2.45) is 16.7 Å². The van der Waals surface area contributed by atoms with E-state index in [0.29, 0.717) is 31.4 Å². The van der Waals surface area contributed by atoms with Crippen molar-refractivity contribution < 1.29 is 24.5 Å². The van der Waals surface area contributed by atoms with Crippen molar-refractivity contribution in [2.75, 3.05) is 13.2 Å². The van der Waals surface area contributed by atoms with Crippen LogP contribution in [0.25, 0.3) is 0 Å². The van der Waals surface area contributed by atoms with Gasteiger partial charge >= 0.3 is 0 Å². The lowest BCUT2D eigenvalue weighted by molar-refractivity contribution is -0.140. The van der Waals surface area contributed by atoms with Crippen LogP contribution in [-0.2, 0) is 14.3 Å². The number of hydrogen-bond donors (Lipinski definition) is 2. The number of allylic oxidation sites excluding steroid dienone is 1. The van der Waals surface area contributed by atoms with Crippen molar-refractivity contribution in [3.8, 4) is 0 Å². The maximum atomic E-state index is 12.8. The number of aliphatic hydroxyl groups is 2. The number of carbonyl (C=O) groups is 1. The van der Waals surface area contributed by atoms with E-state index in [0.717, 1.165) is 24.8 Å². The van der Waals surface area contributed by atoms with E-state index in [1.165, 1.54) is 0 Å². The molecule has 2 aliphatic carbocycles. The Morgan fingerprint density at radius 1 is 1.26 bits per heavy atom. The third-order valence-electron chi connectivity index (χ3n) is 7.42. The van der Waals surface area contributed by atoms with E-state index in [2.05, 4.69) is 20.8 Å². The SMILES string of the molecule is CCOC1CC(O)(CCC2=C(C)C(=O)C(O)C3C(C)(C)CCCC23C)CO1. The molecule has 0 aromatic carbocycles. The summed E-state index contributed by atoms with van der Waals surface area (Å²) in [7, 11) is 0. The van der Waals surface area contributed by atoms with E-state index < -0.39 is 11.7 Å². The summed E-state index contributed by atoms with van der Waals surface area (Å²) in [6, 6.07) is 0. The minimum absolute atomic E-state index is 0.0735. The molecule has 2 fully saturated rings. The standard InChI is InChI=1S/C22H36O5/c1-6-26-16-12-22(25,13-27-16)11-8-15-14(2)17(23)18(24)19-20(3,4)9-7-10-21(15,19)5/h16,18-19,24-25H,6-13H2,1-5H3. The van der Waals surface area contributed by atoms with Crippen molar-refractivity contribution in [3.05, 3.63) is 11.1 Å². The van der Waals surface area contributed by atoms with Crippen molar-refractivity contribution in [3.63, 3.8) is 0 Å². The van der Waals surface area contributed by atoms with Crippen molar-refractivity contribution in [1.82, 2.24) is 0 Å². The van der Waals surface area contributed by atoms with Crippen LogP contribution in [0, 0.1) is 16.7 Å². The lowest BCUT2D eigenvalue weighted by atomic mass is 9.48. The molecule has 27 heavy (non-hydrogen) atoms. The van der Waals surface area contributed by atoms with E-state index in [1.54, 1.807) is 0 Å². The van der Waals surface area contributed by atoms with Crippen molar-refractivity contribution >= 4 is 5.78 Å². The van der Waals surface area contributed by atoms with E-state index in [9.17, 15) is 15.0 Å². The Bertz CT molecular complexity index is 624. The summed E-state index contributed by atoms with van der Waals surface area (Å²) in [6.45, 7) is 11.2. The third kappa shape index (κ3) is 3.64. The maximum Gasteiger partial charge on any atom is 0.187 e. The molecule has 0 amide bonds. The Morgan fingerprint density at radius 3 is 2.63 bits per heavy atom. The summed E-state index contributed by atoms with van der Waals surface area (Å²) in [4.78, 5) is 12.8. The normalized spacial score (nSPS) is 41.7. The average Bonchev–Trinajstić information content (AvgIpc) is 2.93. The number of rotatable bonds is 5. The molecular weight excluding hydrogens is 344 g/mol. The summed E-state index contributed by atoms with van der Waals surface area (Å²) in [5.74, 6) is -0.208. The zero-order valence-electron chi connectivity index (χ0n) is 17.5. The zero-order chi connectivity index (χ0) is 20.0. The fourth-order valence-corrected chi connectivity index (χ4v) is 6.12. The fraction of sp³-hybridized carbons (Fsp3) is 0.864. The van der Waals surface area contributed by atoms with Crippen LogP contribution in [0.3, 0.4) is 0 Å². The van der Waals surface area contributed by atoms with E-state index in [-0.39, 0.29) is 35.4 Å². The van der Waals surface area contributed by atoms with Gasteiger partial charge in [-0.3, -0.25) is 4.79 Å². The van der Waals surface area contributed by atoms with Gasteiger partial charge in [0.2, 0.25) is 0 Å². The molecule has 5 nitrogen and oxygen atoms in total. The van der Waals surface area contributed by atoms with Gasteiger partial charge in [0.15, 0.2) is 12.1 Å². The molecule has 0 aromatic heterocycles. The van der Waals surface area contributed by atoms with Gasteiger partial charge < -0.3 is 19.7 Å². The molecule has 0 spiro atoms. The first kappa shape index (κ1) is 21.0. The Hall–Kier alpha value is -0.750. The monoisotopic (exact) mass is 380 g/mol. The van der Waals surface area contributed by atoms with E-state index in [4.69, 9.17) is 9.47 Å². The minimum atomic E-state index is -0.922. The molecule has 2 N–H and O–H groups in total. The van der Waals surface area contributed by atoms with Gasteiger partial charge in [-0.05, 0) is 55.9 Å². The molecule has 5 heteroatoms. The highest BCUT2D eigenvalue weighted by molar-refractivity contribution is 6.00. The Morgan fingerprint density at radius 2 is 1.96 bits per heavy atom. The van der Waals surface area contributed by atoms with Crippen LogP contribution in [0.1, 0.15) is 73.1 Å². The first-order valence-corrected chi connectivity index (χ1v) is 10.4. The first-order chi connectivity index (χ1) is 12.5. The zero-order valence-corrected chi connectivity index (χ0v) is 17.5. The lowest BCUT2D eigenvalue weighted by Gasteiger charge is -2.56.